The highest BCUT2D eigenvalue weighted by Crippen LogP contribution is 2.64. The monoisotopic (exact) mass is 232 g/mol. The first-order valence-electron chi connectivity index (χ1n) is 7.78. The highest BCUT2D eigenvalue weighted by atomic mass is 16.1. The number of Topliss-reactive ketones (excluding diaryl/α,β-unsaturated/α-hetero) is 1. The minimum absolute atomic E-state index is 0.477. The molecule has 17 heavy (non-hydrogen) atoms. The lowest BCUT2D eigenvalue weighted by atomic mass is 9.45. The largest absolute Gasteiger partial charge is 0.299 e. The molecule has 1 atom stereocenters. The fourth-order valence-corrected chi connectivity index (χ4v) is 6.24. The summed E-state index contributed by atoms with van der Waals surface area (Å²) in [5, 5.41) is 0. The van der Waals surface area contributed by atoms with Crippen molar-refractivity contribution in [2.24, 2.45) is 29.1 Å². The van der Waals surface area contributed by atoms with E-state index in [0.29, 0.717) is 17.1 Å². The molecule has 1 nitrogen and oxygen atoms in total. The van der Waals surface area contributed by atoms with Gasteiger partial charge >= 0.3 is 0 Å². The summed E-state index contributed by atoms with van der Waals surface area (Å²) in [4.78, 5) is 12.3. The Morgan fingerprint density at radius 1 is 0.882 bits per heavy atom. The Morgan fingerprint density at radius 2 is 1.47 bits per heavy atom. The lowest BCUT2D eigenvalue weighted by molar-refractivity contribution is -0.142. The van der Waals surface area contributed by atoms with E-state index in [1.807, 2.05) is 0 Å². The molecule has 5 aliphatic carbocycles. The quantitative estimate of drug-likeness (QED) is 0.668. The SMILES string of the molecule is O=C1CCCCC1C12CC3CC(CC(C3)C1)C2. The van der Waals surface area contributed by atoms with Crippen LogP contribution in [0.1, 0.15) is 64.2 Å². The van der Waals surface area contributed by atoms with Gasteiger partial charge in [0, 0.05) is 12.3 Å². The average molecular weight is 232 g/mol. The summed E-state index contributed by atoms with van der Waals surface area (Å²) >= 11 is 0. The van der Waals surface area contributed by atoms with E-state index in [1.165, 1.54) is 57.8 Å². The second-order valence-electron chi connectivity index (χ2n) is 7.54. The summed E-state index contributed by atoms with van der Waals surface area (Å²) in [6.07, 6.45) is 13.3. The normalized spacial score (nSPS) is 53.1. The van der Waals surface area contributed by atoms with E-state index in [4.69, 9.17) is 0 Å². The van der Waals surface area contributed by atoms with Gasteiger partial charge in [-0.3, -0.25) is 4.79 Å². The Hall–Kier alpha value is -0.330. The summed E-state index contributed by atoms with van der Waals surface area (Å²) in [5.41, 5.74) is 0.492. The zero-order valence-electron chi connectivity index (χ0n) is 10.8. The molecular formula is C16H24O. The molecule has 0 spiro atoms. The fourth-order valence-electron chi connectivity index (χ4n) is 6.24. The van der Waals surface area contributed by atoms with E-state index in [0.717, 1.165) is 24.2 Å². The lowest BCUT2D eigenvalue weighted by Crippen LogP contribution is -2.51. The summed E-state index contributed by atoms with van der Waals surface area (Å²) in [7, 11) is 0. The maximum atomic E-state index is 12.3. The third-order valence-corrected chi connectivity index (χ3v) is 6.38. The fraction of sp³-hybridized carbons (Fsp3) is 0.938. The topological polar surface area (TPSA) is 17.1 Å². The average Bonchev–Trinajstić information content (AvgIpc) is 2.27. The highest BCUT2D eigenvalue weighted by molar-refractivity contribution is 5.82. The number of hydrogen-bond acceptors (Lipinski definition) is 1. The van der Waals surface area contributed by atoms with Gasteiger partial charge in [0.1, 0.15) is 5.78 Å². The van der Waals surface area contributed by atoms with Gasteiger partial charge < -0.3 is 0 Å². The Balaban J connectivity index is 1.65. The molecule has 0 aromatic rings. The van der Waals surface area contributed by atoms with Crippen molar-refractivity contribution < 1.29 is 4.79 Å². The summed E-state index contributed by atoms with van der Waals surface area (Å²) in [5.74, 6) is 4.10. The molecule has 0 radical (unpaired) electrons. The van der Waals surface area contributed by atoms with Crippen LogP contribution in [0.3, 0.4) is 0 Å². The van der Waals surface area contributed by atoms with E-state index < -0.39 is 0 Å². The predicted molar refractivity (Wildman–Crippen MR) is 67.6 cm³/mol. The summed E-state index contributed by atoms with van der Waals surface area (Å²) in [6, 6.07) is 0. The van der Waals surface area contributed by atoms with Crippen LogP contribution in [0, 0.1) is 29.1 Å². The Morgan fingerprint density at radius 3 is 2.00 bits per heavy atom. The number of rotatable bonds is 1. The molecule has 4 bridgehead atoms. The molecule has 5 saturated carbocycles. The first kappa shape index (κ1) is 10.6. The molecule has 0 saturated heterocycles. The molecule has 1 unspecified atom stereocenters. The summed E-state index contributed by atoms with van der Waals surface area (Å²) in [6.45, 7) is 0. The van der Waals surface area contributed by atoms with Crippen LogP contribution in [-0.2, 0) is 4.79 Å². The first-order chi connectivity index (χ1) is 8.25. The number of ketones is 1. The standard InChI is InChI=1S/C16H24O/c17-15-4-2-1-3-14(15)16-8-11-5-12(9-16)7-13(6-11)10-16/h11-14H,1-10H2. The van der Waals surface area contributed by atoms with Gasteiger partial charge in [-0.1, -0.05) is 6.42 Å². The van der Waals surface area contributed by atoms with Crippen LogP contribution in [-0.4, -0.2) is 5.78 Å². The van der Waals surface area contributed by atoms with Gasteiger partial charge in [-0.2, -0.15) is 0 Å². The van der Waals surface area contributed by atoms with E-state index in [9.17, 15) is 4.79 Å². The molecule has 5 aliphatic rings. The van der Waals surface area contributed by atoms with Crippen molar-refractivity contribution in [2.45, 2.75) is 64.2 Å². The maximum absolute atomic E-state index is 12.3. The van der Waals surface area contributed by atoms with Crippen molar-refractivity contribution >= 4 is 5.78 Å². The second kappa shape index (κ2) is 3.59. The van der Waals surface area contributed by atoms with Crippen molar-refractivity contribution in [3.05, 3.63) is 0 Å². The molecular weight excluding hydrogens is 208 g/mol. The second-order valence-corrected chi connectivity index (χ2v) is 7.54. The van der Waals surface area contributed by atoms with Gasteiger partial charge in [0.2, 0.25) is 0 Å². The molecule has 0 amide bonds. The van der Waals surface area contributed by atoms with E-state index in [2.05, 4.69) is 0 Å². The Bertz CT molecular complexity index is 308. The minimum atomic E-state index is 0.477. The maximum Gasteiger partial charge on any atom is 0.136 e. The number of carbonyl (C=O) groups excluding carboxylic acids is 1. The van der Waals surface area contributed by atoms with Gasteiger partial charge in [0.25, 0.3) is 0 Å². The smallest absolute Gasteiger partial charge is 0.136 e. The van der Waals surface area contributed by atoms with Gasteiger partial charge in [0.15, 0.2) is 0 Å². The van der Waals surface area contributed by atoms with E-state index in [-0.39, 0.29) is 0 Å². The Labute approximate surface area is 104 Å². The van der Waals surface area contributed by atoms with Crippen LogP contribution < -0.4 is 0 Å². The van der Waals surface area contributed by atoms with Crippen LogP contribution in [0.4, 0.5) is 0 Å². The predicted octanol–water partition coefficient (Wildman–Crippen LogP) is 3.96. The molecule has 5 fully saturated rings. The van der Waals surface area contributed by atoms with Crippen LogP contribution >= 0.6 is 0 Å². The number of carbonyl (C=O) groups is 1. The molecule has 0 aromatic carbocycles. The third kappa shape index (κ3) is 1.54. The first-order valence-corrected chi connectivity index (χ1v) is 7.78. The van der Waals surface area contributed by atoms with Gasteiger partial charge in [-0.05, 0) is 74.5 Å². The van der Waals surface area contributed by atoms with Crippen molar-refractivity contribution in [2.75, 3.05) is 0 Å². The lowest BCUT2D eigenvalue weighted by Gasteiger charge is -2.59. The van der Waals surface area contributed by atoms with Crippen molar-refractivity contribution in [3.63, 3.8) is 0 Å². The van der Waals surface area contributed by atoms with Crippen molar-refractivity contribution in [3.8, 4) is 0 Å². The van der Waals surface area contributed by atoms with E-state index >= 15 is 0 Å². The highest BCUT2D eigenvalue weighted by Gasteiger charge is 2.55. The minimum Gasteiger partial charge on any atom is -0.299 e. The summed E-state index contributed by atoms with van der Waals surface area (Å²) < 4.78 is 0. The molecule has 0 aliphatic heterocycles. The number of hydrogen-bond donors (Lipinski definition) is 0. The van der Waals surface area contributed by atoms with Gasteiger partial charge in [-0.15, -0.1) is 0 Å². The van der Waals surface area contributed by atoms with Gasteiger partial charge in [-0.25, -0.2) is 0 Å². The van der Waals surface area contributed by atoms with Crippen molar-refractivity contribution in [1.29, 1.82) is 0 Å². The molecule has 1 heteroatoms. The van der Waals surface area contributed by atoms with Crippen molar-refractivity contribution in [1.82, 2.24) is 0 Å². The molecule has 94 valence electrons. The Kier molecular flexibility index (Phi) is 2.23. The van der Waals surface area contributed by atoms with E-state index in [1.54, 1.807) is 0 Å². The van der Waals surface area contributed by atoms with Crippen LogP contribution in [0.2, 0.25) is 0 Å². The zero-order valence-corrected chi connectivity index (χ0v) is 10.8. The molecule has 5 rings (SSSR count). The van der Waals surface area contributed by atoms with Crippen LogP contribution in [0.25, 0.3) is 0 Å². The third-order valence-electron chi connectivity index (χ3n) is 6.38. The molecule has 0 aromatic heterocycles. The van der Waals surface area contributed by atoms with Crippen LogP contribution in [0.15, 0.2) is 0 Å². The zero-order chi connectivity index (χ0) is 11.5. The molecule has 0 heterocycles. The van der Waals surface area contributed by atoms with Crippen LogP contribution in [0.5, 0.6) is 0 Å². The van der Waals surface area contributed by atoms with Gasteiger partial charge in [0.05, 0.1) is 0 Å². The molecule has 0 N–H and O–H groups in total.